The van der Waals surface area contributed by atoms with Crippen molar-refractivity contribution in [2.75, 3.05) is 31.5 Å². The lowest BCUT2D eigenvalue weighted by atomic mass is 10.1. The van der Waals surface area contributed by atoms with Gasteiger partial charge in [-0.2, -0.15) is 0 Å². The Kier molecular flexibility index (Phi) is 7.90. The van der Waals surface area contributed by atoms with E-state index in [0.29, 0.717) is 29.7 Å². The molecule has 36 heavy (non-hydrogen) atoms. The first-order chi connectivity index (χ1) is 17.5. The first-order valence-corrected chi connectivity index (χ1v) is 12.2. The van der Waals surface area contributed by atoms with Crippen molar-refractivity contribution in [2.24, 2.45) is 0 Å². The van der Waals surface area contributed by atoms with Crippen LogP contribution < -0.4 is 10.6 Å². The second-order valence-electron chi connectivity index (χ2n) is 8.82. The molecule has 0 bridgehead atoms. The molecular formula is C27H33N5O4. The second kappa shape index (κ2) is 11.3. The van der Waals surface area contributed by atoms with Crippen LogP contribution in [0, 0.1) is 0 Å². The summed E-state index contributed by atoms with van der Waals surface area (Å²) in [5.41, 5.74) is 4.27. The Morgan fingerprint density at radius 1 is 1.19 bits per heavy atom. The van der Waals surface area contributed by atoms with Crippen molar-refractivity contribution in [2.45, 2.75) is 45.7 Å². The fourth-order valence-corrected chi connectivity index (χ4v) is 4.31. The monoisotopic (exact) mass is 491 g/mol. The van der Waals surface area contributed by atoms with Gasteiger partial charge in [0.05, 0.1) is 37.7 Å². The van der Waals surface area contributed by atoms with E-state index in [2.05, 4.69) is 35.5 Å². The maximum Gasteiger partial charge on any atom is 0.356 e. The molecule has 3 aromatic heterocycles. The summed E-state index contributed by atoms with van der Waals surface area (Å²) in [5, 5.41) is 8.16. The van der Waals surface area contributed by atoms with Gasteiger partial charge in [-0.15, -0.1) is 0 Å². The molecule has 9 nitrogen and oxygen atoms in total. The molecule has 0 aliphatic heterocycles. The van der Waals surface area contributed by atoms with E-state index in [-0.39, 0.29) is 30.7 Å². The number of nitrogens with one attached hydrogen (secondary N) is 3. The number of aryl methyl sites for hydroxylation is 2. The summed E-state index contributed by atoms with van der Waals surface area (Å²) >= 11 is 0. The number of aromatic amines is 1. The van der Waals surface area contributed by atoms with E-state index in [1.54, 1.807) is 13.3 Å². The number of aromatic nitrogens is 3. The zero-order valence-electron chi connectivity index (χ0n) is 21.2. The van der Waals surface area contributed by atoms with Crippen LogP contribution in [0.15, 0.2) is 42.7 Å². The summed E-state index contributed by atoms with van der Waals surface area (Å²) in [6.45, 7) is 4.94. The topological polar surface area (TPSA) is 110 Å². The molecule has 0 fully saturated rings. The minimum atomic E-state index is -0.537. The molecule has 3 heterocycles. The summed E-state index contributed by atoms with van der Waals surface area (Å²) < 4.78 is 12.0. The summed E-state index contributed by atoms with van der Waals surface area (Å²) in [6.07, 6.45) is 5.51. The molecule has 0 aliphatic rings. The van der Waals surface area contributed by atoms with Gasteiger partial charge in [0.1, 0.15) is 5.65 Å². The number of hydrogen-bond acceptors (Lipinski definition) is 6. The third-order valence-electron chi connectivity index (χ3n) is 6.38. The molecule has 0 spiro atoms. The minimum absolute atomic E-state index is 0.164. The van der Waals surface area contributed by atoms with E-state index < -0.39 is 5.97 Å². The van der Waals surface area contributed by atoms with Gasteiger partial charge < -0.3 is 29.7 Å². The van der Waals surface area contributed by atoms with Crippen molar-refractivity contribution in [3.05, 3.63) is 54.0 Å². The van der Waals surface area contributed by atoms with E-state index in [1.165, 1.54) is 7.11 Å². The molecule has 0 radical (unpaired) electrons. The average molecular weight is 492 g/mol. The Balaban J connectivity index is 1.80. The van der Waals surface area contributed by atoms with Crippen LogP contribution in [0.1, 0.15) is 42.7 Å². The molecule has 1 aromatic carbocycles. The van der Waals surface area contributed by atoms with Crippen molar-refractivity contribution in [1.82, 2.24) is 14.5 Å². The number of rotatable bonds is 11. The maximum absolute atomic E-state index is 13.0. The van der Waals surface area contributed by atoms with Crippen LogP contribution in [0.2, 0.25) is 0 Å². The number of hydrogen-bond donors (Lipinski definition) is 3. The van der Waals surface area contributed by atoms with Gasteiger partial charge in [0, 0.05) is 42.2 Å². The summed E-state index contributed by atoms with van der Waals surface area (Å²) in [4.78, 5) is 33.7. The van der Waals surface area contributed by atoms with Gasteiger partial charge in [-0.1, -0.05) is 25.1 Å². The summed E-state index contributed by atoms with van der Waals surface area (Å²) in [6, 6.07) is 10.3. The fraction of sp³-hybridized carbons (Fsp3) is 0.370. The molecule has 0 unspecified atom stereocenters. The zero-order chi connectivity index (χ0) is 25.7. The zero-order valence-corrected chi connectivity index (χ0v) is 21.2. The predicted octanol–water partition coefficient (Wildman–Crippen LogP) is 4.73. The number of methoxy groups -OCH3 is 2. The number of para-hydroxylation sites is 1. The van der Waals surface area contributed by atoms with Gasteiger partial charge in [-0.05, 0) is 37.5 Å². The van der Waals surface area contributed by atoms with Gasteiger partial charge >= 0.3 is 5.97 Å². The Morgan fingerprint density at radius 2 is 2.00 bits per heavy atom. The number of anilines is 2. The second-order valence-corrected chi connectivity index (χ2v) is 8.82. The van der Waals surface area contributed by atoms with E-state index in [1.807, 2.05) is 35.0 Å². The number of pyridine rings is 1. The van der Waals surface area contributed by atoms with Crippen molar-refractivity contribution in [3.63, 3.8) is 0 Å². The van der Waals surface area contributed by atoms with Crippen molar-refractivity contribution in [3.8, 4) is 0 Å². The van der Waals surface area contributed by atoms with Crippen molar-refractivity contribution in [1.29, 1.82) is 0 Å². The van der Waals surface area contributed by atoms with Crippen LogP contribution in [0.4, 0.5) is 11.4 Å². The van der Waals surface area contributed by atoms with E-state index in [9.17, 15) is 9.59 Å². The number of carbonyl (C=O) groups excluding carboxylic acids is 2. The number of nitrogens with zero attached hydrogens (tertiary/aromatic N) is 2. The van der Waals surface area contributed by atoms with Crippen molar-refractivity contribution >= 4 is 45.2 Å². The van der Waals surface area contributed by atoms with Gasteiger partial charge in [-0.3, -0.25) is 4.79 Å². The molecule has 0 aliphatic carbocycles. The van der Waals surface area contributed by atoms with Crippen molar-refractivity contribution < 1.29 is 19.1 Å². The van der Waals surface area contributed by atoms with Crippen LogP contribution in [-0.2, 0) is 27.2 Å². The number of esters is 1. The molecule has 4 aromatic rings. The van der Waals surface area contributed by atoms with Gasteiger partial charge in [0.2, 0.25) is 5.91 Å². The number of H-pyrrole nitrogens is 1. The molecule has 1 amide bonds. The molecular weight excluding hydrogens is 458 g/mol. The standard InChI is InChI=1S/C27H33N5O4/c1-5-17(2)30-19-14-21-24(31-23(33)11-13-35-3)25(27(34)36-4)32(26(21)29-16-19)12-10-18-15-28-22-9-7-6-8-20(18)22/h6-9,14-17,28,30H,5,10-13H2,1-4H3,(H,31,33)/t17-/m0/s1. The highest BCUT2D eigenvalue weighted by Crippen LogP contribution is 2.33. The Morgan fingerprint density at radius 3 is 2.75 bits per heavy atom. The maximum atomic E-state index is 13.0. The minimum Gasteiger partial charge on any atom is -0.464 e. The molecule has 4 rings (SSSR count). The number of carbonyl (C=O) groups is 2. The lowest BCUT2D eigenvalue weighted by molar-refractivity contribution is -0.117. The lowest BCUT2D eigenvalue weighted by Crippen LogP contribution is -2.18. The SMILES string of the molecule is CC[C@H](C)Nc1cnc2c(c1)c(NC(=O)CCOC)c(C(=O)OC)n2CCc1c[nH]c2ccccc12. The van der Waals surface area contributed by atoms with Crippen LogP contribution in [-0.4, -0.2) is 53.3 Å². The molecule has 0 saturated heterocycles. The lowest BCUT2D eigenvalue weighted by Gasteiger charge is -2.13. The first kappa shape index (κ1) is 25.2. The molecule has 9 heteroatoms. The molecule has 1 atom stereocenters. The first-order valence-electron chi connectivity index (χ1n) is 12.2. The summed E-state index contributed by atoms with van der Waals surface area (Å²) in [5.74, 6) is -0.789. The Hall–Kier alpha value is -3.85. The largest absolute Gasteiger partial charge is 0.464 e. The number of amides is 1. The normalized spacial score (nSPS) is 12.1. The third kappa shape index (κ3) is 5.21. The smallest absolute Gasteiger partial charge is 0.356 e. The third-order valence-corrected chi connectivity index (χ3v) is 6.38. The highest BCUT2D eigenvalue weighted by Gasteiger charge is 2.26. The Bertz CT molecular complexity index is 1370. The van der Waals surface area contributed by atoms with E-state index >= 15 is 0 Å². The van der Waals surface area contributed by atoms with E-state index in [4.69, 9.17) is 14.5 Å². The quantitative estimate of drug-likeness (QED) is 0.262. The van der Waals surface area contributed by atoms with Gasteiger partial charge in [-0.25, -0.2) is 9.78 Å². The average Bonchev–Trinajstić information content (AvgIpc) is 3.44. The van der Waals surface area contributed by atoms with Crippen LogP contribution in [0.3, 0.4) is 0 Å². The van der Waals surface area contributed by atoms with E-state index in [0.717, 1.165) is 28.6 Å². The Labute approximate surface area is 210 Å². The van der Waals surface area contributed by atoms with Crippen LogP contribution in [0.5, 0.6) is 0 Å². The molecule has 190 valence electrons. The number of fused-ring (bicyclic) bond motifs is 2. The predicted molar refractivity (Wildman–Crippen MR) is 142 cm³/mol. The fourth-order valence-electron chi connectivity index (χ4n) is 4.31. The van der Waals surface area contributed by atoms with Crippen LogP contribution in [0.25, 0.3) is 21.9 Å². The number of benzene rings is 1. The van der Waals surface area contributed by atoms with Gasteiger partial charge in [0.25, 0.3) is 0 Å². The highest BCUT2D eigenvalue weighted by molar-refractivity contribution is 6.11. The summed E-state index contributed by atoms with van der Waals surface area (Å²) in [7, 11) is 2.88. The van der Waals surface area contributed by atoms with Crippen LogP contribution >= 0.6 is 0 Å². The number of ether oxygens (including phenoxy) is 2. The highest BCUT2D eigenvalue weighted by atomic mass is 16.5. The molecule has 0 saturated carbocycles. The molecule has 3 N–H and O–H groups in total. The van der Waals surface area contributed by atoms with Gasteiger partial charge in [0.15, 0.2) is 5.69 Å².